The van der Waals surface area contributed by atoms with E-state index in [1.165, 1.54) is 4.90 Å². The summed E-state index contributed by atoms with van der Waals surface area (Å²) in [6.45, 7) is 8.50. The lowest BCUT2D eigenvalue weighted by Gasteiger charge is -2.23. The Kier molecular flexibility index (Phi) is 10.2. The van der Waals surface area contributed by atoms with E-state index >= 15 is 0 Å². The molecule has 2 aromatic carbocycles. The molecular weight excluding hydrogens is 518 g/mol. The second-order valence-electron chi connectivity index (χ2n) is 10.2. The fourth-order valence-electron chi connectivity index (χ4n) is 3.89. The van der Waals surface area contributed by atoms with Gasteiger partial charge in [-0.05, 0) is 18.6 Å². The summed E-state index contributed by atoms with van der Waals surface area (Å²) in [5.41, 5.74) is 1.69. The van der Waals surface area contributed by atoms with Crippen LogP contribution in [0.3, 0.4) is 0 Å². The standard InChI is InChI=1S/C29H38ClN5O4/c1-7-8-11-14-34(28(37)31-20-15-21(38-5)17-22(16-20)39-6)19-27(36)32-26-18-25(29(2,3)4)33-35(26)24-13-10-9-12-23(24)30/h9-10,12-13,15-18H,7-8,11,14,19H2,1-6H3,(H,31,37)(H,32,36). The summed E-state index contributed by atoms with van der Waals surface area (Å²) < 4.78 is 12.2. The molecule has 1 aromatic heterocycles. The van der Waals surface area contributed by atoms with Crippen molar-refractivity contribution >= 4 is 35.0 Å². The summed E-state index contributed by atoms with van der Waals surface area (Å²) in [6, 6.07) is 13.9. The molecule has 0 bridgehead atoms. The molecule has 0 aliphatic rings. The van der Waals surface area contributed by atoms with Crippen molar-refractivity contribution in [2.75, 3.05) is 37.9 Å². The van der Waals surface area contributed by atoms with Crippen molar-refractivity contribution in [3.05, 3.63) is 59.2 Å². The Morgan fingerprint density at radius 1 is 1.00 bits per heavy atom. The maximum absolute atomic E-state index is 13.3. The first kappa shape index (κ1) is 29.8. The first-order valence-corrected chi connectivity index (χ1v) is 13.4. The summed E-state index contributed by atoms with van der Waals surface area (Å²) in [4.78, 5) is 28.1. The second kappa shape index (κ2) is 13.4. The third kappa shape index (κ3) is 8.13. The Hall–Kier alpha value is -3.72. The summed E-state index contributed by atoms with van der Waals surface area (Å²) in [7, 11) is 3.08. The quantitative estimate of drug-likeness (QED) is 0.263. The summed E-state index contributed by atoms with van der Waals surface area (Å²) in [6.07, 6.45) is 2.69. The summed E-state index contributed by atoms with van der Waals surface area (Å²) in [5.74, 6) is 1.22. The first-order valence-electron chi connectivity index (χ1n) is 13.0. The van der Waals surface area contributed by atoms with Gasteiger partial charge in [-0.2, -0.15) is 5.10 Å². The number of carbonyl (C=O) groups excluding carboxylic acids is 2. The number of hydrogen-bond donors (Lipinski definition) is 2. The number of ether oxygens (including phenoxy) is 2. The zero-order valence-electron chi connectivity index (χ0n) is 23.5. The fraction of sp³-hybridized carbons (Fsp3) is 0.414. The van der Waals surface area contributed by atoms with Gasteiger partial charge >= 0.3 is 6.03 Å². The Balaban J connectivity index is 1.83. The van der Waals surface area contributed by atoms with Crippen LogP contribution in [0.15, 0.2) is 48.5 Å². The van der Waals surface area contributed by atoms with Crippen molar-refractivity contribution in [1.29, 1.82) is 0 Å². The minimum absolute atomic E-state index is 0.144. The third-order valence-corrected chi connectivity index (χ3v) is 6.40. The van der Waals surface area contributed by atoms with E-state index in [0.29, 0.717) is 40.3 Å². The third-order valence-electron chi connectivity index (χ3n) is 6.08. The number of anilines is 2. The highest BCUT2D eigenvalue weighted by Gasteiger charge is 2.24. The lowest BCUT2D eigenvalue weighted by atomic mass is 9.92. The molecule has 9 nitrogen and oxygen atoms in total. The molecule has 10 heteroatoms. The number of nitrogens with one attached hydrogen (secondary N) is 2. The van der Waals surface area contributed by atoms with Gasteiger partial charge in [0.25, 0.3) is 0 Å². The number of para-hydroxylation sites is 1. The number of aromatic nitrogens is 2. The zero-order chi connectivity index (χ0) is 28.6. The molecule has 2 N–H and O–H groups in total. The molecule has 0 aliphatic heterocycles. The topological polar surface area (TPSA) is 97.7 Å². The molecule has 0 fully saturated rings. The molecule has 0 radical (unpaired) electrons. The molecule has 0 aliphatic carbocycles. The van der Waals surface area contributed by atoms with Gasteiger partial charge in [-0.15, -0.1) is 0 Å². The van der Waals surface area contributed by atoms with Gasteiger partial charge in [0.1, 0.15) is 23.9 Å². The minimum Gasteiger partial charge on any atom is -0.497 e. The number of halogens is 1. The smallest absolute Gasteiger partial charge is 0.322 e. The number of amides is 3. The Morgan fingerprint density at radius 2 is 1.67 bits per heavy atom. The molecule has 39 heavy (non-hydrogen) atoms. The van der Waals surface area contributed by atoms with Gasteiger partial charge in [0.15, 0.2) is 0 Å². The lowest BCUT2D eigenvalue weighted by molar-refractivity contribution is -0.116. The average molecular weight is 556 g/mol. The van der Waals surface area contributed by atoms with Crippen LogP contribution in [-0.4, -0.2) is 53.9 Å². The summed E-state index contributed by atoms with van der Waals surface area (Å²) in [5, 5.41) is 11.0. The van der Waals surface area contributed by atoms with Gasteiger partial charge in [0.05, 0.1) is 30.6 Å². The van der Waals surface area contributed by atoms with Gasteiger partial charge < -0.3 is 25.0 Å². The van der Waals surface area contributed by atoms with Crippen molar-refractivity contribution in [3.8, 4) is 17.2 Å². The Morgan fingerprint density at radius 3 is 2.26 bits per heavy atom. The molecular formula is C29H38ClN5O4. The predicted octanol–water partition coefficient (Wildman–Crippen LogP) is 6.50. The molecule has 3 amide bonds. The number of urea groups is 1. The number of hydrogen-bond acceptors (Lipinski definition) is 5. The van der Waals surface area contributed by atoms with Crippen molar-refractivity contribution < 1.29 is 19.1 Å². The van der Waals surface area contributed by atoms with Crippen molar-refractivity contribution in [2.45, 2.75) is 52.4 Å². The van der Waals surface area contributed by atoms with Gasteiger partial charge in [0, 0.05) is 41.9 Å². The maximum atomic E-state index is 13.3. The van der Waals surface area contributed by atoms with Crippen molar-refractivity contribution in [2.24, 2.45) is 0 Å². The van der Waals surface area contributed by atoms with Gasteiger partial charge in [0.2, 0.25) is 5.91 Å². The van der Waals surface area contributed by atoms with Gasteiger partial charge in [-0.3, -0.25) is 4.79 Å². The molecule has 0 unspecified atom stereocenters. The predicted molar refractivity (Wildman–Crippen MR) is 156 cm³/mol. The molecule has 0 spiro atoms. The van der Waals surface area contributed by atoms with Crippen molar-refractivity contribution in [1.82, 2.24) is 14.7 Å². The van der Waals surface area contributed by atoms with E-state index in [1.54, 1.807) is 43.2 Å². The number of benzene rings is 2. The van der Waals surface area contributed by atoms with Crippen LogP contribution in [0.1, 0.15) is 52.7 Å². The van der Waals surface area contributed by atoms with E-state index in [9.17, 15) is 9.59 Å². The van der Waals surface area contributed by atoms with Crippen molar-refractivity contribution in [3.63, 3.8) is 0 Å². The van der Waals surface area contributed by atoms with E-state index in [0.717, 1.165) is 25.0 Å². The number of methoxy groups -OCH3 is 2. The lowest BCUT2D eigenvalue weighted by Crippen LogP contribution is -2.41. The molecule has 0 saturated heterocycles. The van der Waals surface area contributed by atoms with Gasteiger partial charge in [-0.25, -0.2) is 9.48 Å². The number of unbranched alkanes of at least 4 members (excludes halogenated alkanes) is 2. The van der Waals surface area contributed by atoms with E-state index in [4.69, 9.17) is 26.2 Å². The largest absolute Gasteiger partial charge is 0.497 e. The normalized spacial score (nSPS) is 11.2. The van der Waals surface area contributed by atoms with Crippen LogP contribution in [-0.2, 0) is 10.2 Å². The van der Waals surface area contributed by atoms with Crippen LogP contribution < -0.4 is 20.1 Å². The van der Waals surface area contributed by atoms with E-state index < -0.39 is 6.03 Å². The van der Waals surface area contributed by atoms with Crippen LogP contribution in [0.25, 0.3) is 5.69 Å². The van der Waals surface area contributed by atoms with E-state index in [-0.39, 0.29) is 17.9 Å². The SMILES string of the molecule is CCCCCN(CC(=O)Nc1cc(C(C)(C)C)nn1-c1ccccc1Cl)C(=O)Nc1cc(OC)cc(OC)c1. The first-order chi connectivity index (χ1) is 18.5. The average Bonchev–Trinajstić information content (AvgIpc) is 3.32. The fourth-order valence-corrected chi connectivity index (χ4v) is 4.10. The highest BCUT2D eigenvalue weighted by molar-refractivity contribution is 6.32. The molecule has 1 heterocycles. The Bertz CT molecular complexity index is 1260. The molecule has 3 aromatic rings. The molecule has 210 valence electrons. The highest BCUT2D eigenvalue weighted by Crippen LogP contribution is 2.29. The molecule has 3 rings (SSSR count). The molecule has 0 atom stereocenters. The van der Waals surface area contributed by atoms with Crippen LogP contribution in [0.5, 0.6) is 11.5 Å². The Labute approximate surface area is 235 Å². The van der Waals surface area contributed by atoms with E-state index in [1.807, 2.05) is 45.0 Å². The van der Waals surface area contributed by atoms with Crippen LogP contribution in [0, 0.1) is 0 Å². The van der Waals surface area contributed by atoms with Crippen LogP contribution in [0.4, 0.5) is 16.3 Å². The summed E-state index contributed by atoms with van der Waals surface area (Å²) >= 11 is 6.46. The van der Waals surface area contributed by atoms with E-state index in [2.05, 4.69) is 17.6 Å². The molecule has 0 saturated carbocycles. The monoisotopic (exact) mass is 555 g/mol. The number of nitrogens with zero attached hydrogens (tertiary/aromatic N) is 3. The highest BCUT2D eigenvalue weighted by atomic mass is 35.5. The zero-order valence-corrected chi connectivity index (χ0v) is 24.3. The van der Waals surface area contributed by atoms with Crippen LogP contribution in [0.2, 0.25) is 5.02 Å². The minimum atomic E-state index is -0.397. The number of rotatable bonds is 11. The maximum Gasteiger partial charge on any atom is 0.322 e. The number of carbonyl (C=O) groups is 2. The second-order valence-corrected chi connectivity index (χ2v) is 10.6. The van der Waals surface area contributed by atoms with Crippen LogP contribution >= 0.6 is 11.6 Å². The van der Waals surface area contributed by atoms with Gasteiger partial charge in [-0.1, -0.05) is 64.3 Å².